The molecule has 0 bridgehead atoms. The molecule has 1 fully saturated rings. The average Bonchev–Trinajstić information content (AvgIpc) is 3.31. The fourth-order valence-electron chi connectivity index (χ4n) is 5.20. The Hall–Kier alpha value is -3.60. The van der Waals surface area contributed by atoms with Crippen LogP contribution in [0.5, 0.6) is 11.5 Å². The van der Waals surface area contributed by atoms with Gasteiger partial charge in [0.1, 0.15) is 23.7 Å². The third-order valence-electron chi connectivity index (χ3n) is 7.09. The number of carbonyl (C=O) groups is 1. The highest BCUT2D eigenvalue weighted by molar-refractivity contribution is 7.92. The molecule has 2 aliphatic heterocycles. The molecule has 0 unspecified atom stereocenters. The molecule has 9 nitrogen and oxygen atoms in total. The van der Waals surface area contributed by atoms with Crippen molar-refractivity contribution in [1.29, 1.82) is 0 Å². The van der Waals surface area contributed by atoms with E-state index in [1.807, 2.05) is 30.3 Å². The van der Waals surface area contributed by atoms with Crippen molar-refractivity contribution in [2.24, 2.45) is 0 Å². The summed E-state index contributed by atoms with van der Waals surface area (Å²) in [6.07, 6.45) is -0.0366. The molecule has 39 heavy (non-hydrogen) atoms. The topological polar surface area (TPSA) is 123 Å². The van der Waals surface area contributed by atoms with E-state index in [4.69, 9.17) is 14.2 Å². The number of carbonyl (C=O) groups excluding carboxylic acids is 1. The molecular formula is C29H32N2O7S. The van der Waals surface area contributed by atoms with E-state index < -0.39 is 28.3 Å². The van der Waals surface area contributed by atoms with Gasteiger partial charge in [-0.15, -0.1) is 0 Å². The van der Waals surface area contributed by atoms with Crippen molar-refractivity contribution in [2.75, 3.05) is 25.0 Å². The SMILES string of the molecule is COc1cccc(S(=O)(=O)Nc2ccc3c(c2)[C@@H]2C[C@@H](CC(=O)NCCc4ccccc4)O[C@@H](CO)[C@@H]2O3)c1. The maximum Gasteiger partial charge on any atom is 0.262 e. The molecule has 0 aromatic heterocycles. The van der Waals surface area contributed by atoms with Crippen molar-refractivity contribution in [3.05, 3.63) is 83.9 Å². The molecule has 2 aliphatic rings. The lowest BCUT2D eigenvalue weighted by molar-refractivity contribution is -0.142. The second-order valence-electron chi connectivity index (χ2n) is 9.73. The fourth-order valence-corrected chi connectivity index (χ4v) is 6.29. The zero-order valence-electron chi connectivity index (χ0n) is 21.6. The molecule has 3 N–H and O–H groups in total. The lowest BCUT2D eigenvalue weighted by Crippen LogP contribution is -2.47. The van der Waals surface area contributed by atoms with E-state index in [0.717, 1.165) is 17.5 Å². The molecule has 1 saturated heterocycles. The summed E-state index contributed by atoms with van der Waals surface area (Å²) >= 11 is 0. The summed E-state index contributed by atoms with van der Waals surface area (Å²) < 4.78 is 45.9. The molecule has 3 aromatic carbocycles. The predicted molar refractivity (Wildman–Crippen MR) is 146 cm³/mol. The molecule has 10 heteroatoms. The summed E-state index contributed by atoms with van der Waals surface area (Å²) in [7, 11) is -2.37. The number of methoxy groups -OCH3 is 1. The number of hydrogen-bond acceptors (Lipinski definition) is 7. The highest BCUT2D eigenvalue weighted by Gasteiger charge is 2.46. The molecule has 0 aliphatic carbocycles. The highest BCUT2D eigenvalue weighted by atomic mass is 32.2. The first-order valence-electron chi connectivity index (χ1n) is 12.9. The molecule has 0 spiro atoms. The monoisotopic (exact) mass is 552 g/mol. The van der Waals surface area contributed by atoms with Crippen molar-refractivity contribution in [3.63, 3.8) is 0 Å². The van der Waals surface area contributed by atoms with Crippen LogP contribution < -0.4 is 19.5 Å². The minimum atomic E-state index is -3.85. The van der Waals surface area contributed by atoms with Gasteiger partial charge < -0.3 is 24.6 Å². The molecule has 206 valence electrons. The van der Waals surface area contributed by atoms with Crippen molar-refractivity contribution >= 4 is 21.6 Å². The number of hydrogen-bond donors (Lipinski definition) is 3. The third kappa shape index (κ3) is 6.19. The number of benzene rings is 3. The minimum absolute atomic E-state index is 0.0845. The maximum absolute atomic E-state index is 13.0. The van der Waals surface area contributed by atoms with Gasteiger partial charge in [0.2, 0.25) is 5.91 Å². The quantitative estimate of drug-likeness (QED) is 0.353. The summed E-state index contributed by atoms with van der Waals surface area (Å²) in [6.45, 7) is 0.268. The van der Waals surface area contributed by atoms with Gasteiger partial charge in [-0.2, -0.15) is 0 Å². The van der Waals surface area contributed by atoms with Gasteiger partial charge in [0.25, 0.3) is 10.0 Å². The molecule has 3 aromatic rings. The van der Waals surface area contributed by atoms with E-state index in [0.29, 0.717) is 30.2 Å². The van der Waals surface area contributed by atoms with Crippen molar-refractivity contribution in [2.45, 2.75) is 48.4 Å². The van der Waals surface area contributed by atoms with Gasteiger partial charge in [-0.3, -0.25) is 9.52 Å². The van der Waals surface area contributed by atoms with E-state index in [9.17, 15) is 18.3 Å². The zero-order chi connectivity index (χ0) is 27.4. The van der Waals surface area contributed by atoms with E-state index in [2.05, 4.69) is 10.0 Å². The number of aliphatic hydroxyl groups is 1. The summed E-state index contributed by atoms with van der Waals surface area (Å²) in [5.74, 6) is 0.777. The van der Waals surface area contributed by atoms with E-state index in [-0.39, 0.29) is 29.7 Å². The number of sulfonamides is 1. The van der Waals surface area contributed by atoms with E-state index >= 15 is 0 Å². The number of fused-ring (bicyclic) bond motifs is 3. The largest absolute Gasteiger partial charge is 0.497 e. The number of anilines is 1. The second-order valence-corrected chi connectivity index (χ2v) is 11.4. The average molecular weight is 553 g/mol. The van der Waals surface area contributed by atoms with E-state index in [1.54, 1.807) is 30.3 Å². The van der Waals surface area contributed by atoms with Gasteiger partial charge in [-0.05, 0) is 48.7 Å². The lowest BCUT2D eigenvalue weighted by atomic mass is 9.84. The van der Waals surface area contributed by atoms with Crippen LogP contribution >= 0.6 is 0 Å². The zero-order valence-corrected chi connectivity index (χ0v) is 22.4. The second kappa shape index (κ2) is 11.6. The molecular weight excluding hydrogens is 520 g/mol. The van der Waals surface area contributed by atoms with Crippen LogP contribution in [-0.2, 0) is 26.0 Å². The van der Waals surface area contributed by atoms with Gasteiger partial charge >= 0.3 is 0 Å². The Bertz CT molecular complexity index is 1410. The summed E-state index contributed by atoms with van der Waals surface area (Å²) in [6, 6.07) is 21.3. The third-order valence-corrected chi connectivity index (χ3v) is 8.47. The normalized spacial score (nSPS) is 21.8. The number of ether oxygens (including phenoxy) is 3. The summed E-state index contributed by atoms with van der Waals surface area (Å²) in [4.78, 5) is 12.7. The standard InChI is InChI=1S/C29H32N2O7S/c1-36-21-8-5-9-23(15-21)39(34,35)31-20-10-11-26-24(14-20)25-16-22(37-27(18-32)29(25)38-26)17-28(33)30-13-12-19-6-3-2-4-7-19/h2-11,14-15,22,25,27,29,31-32H,12-13,16-18H2,1H3,(H,30,33)/t22-,25-,27-,29+/m0/s1. The van der Waals surface area contributed by atoms with Crippen LogP contribution in [-0.4, -0.2) is 58.0 Å². The minimum Gasteiger partial charge on any atom is -0.497 e. The Balaban J connectivity index is 1.26. The lowest BCUT2D eigenvalue weighted by Gasteiger charge is -2.37. The Morgan fingerprint density at radius 2 is 1.90 bits per heavy atom. The number of nitrogens with one attached hydrogen (secondary N) is 2. The number of aliphatic hydroxyl groups excluding tert-OH is 1. The van der Waals surface area contributed by atoms with Crippen molar-refractivity contribution in [1.82, 2.24) is 5.32 Å². The van der Waals surface area contributed by atoms with Crippen LogP contribution in [0.15, 0.2) is 77.7 Å². The van der Waals surface area contributed by atoms with Gasteiger partial charge in [0.15, 0.2) is 0 Å². The Labute approximate surface area is 228 Å². The first-order valence-corrected chi connectivity index (χ1v) is 14.4. The van der Waals surface area contributed by atoms with Crippen molar-refractivity contribution < 1.29 is 32.5 Å². The van der Waals surface area contributed by atoms with Gasteiger partial charge in [-0.25, -0.2) is 8.42 Å². The molecule has 0 radical (unpaired) electrons. The summed E-state index contributed by atoms with van der Waals surface area (Å²) in [5.41, 5.74) is 2.36. The first-order chi connectivity index (χ1) is 18.9. The number of amides is 1. The van der Waals surface area contributed by atoms with Crippen LogP contribution in [0.3, 0.4) is 0 Å². The molecule has 2 heterocycles. The van der Waals surface area contributed by atoms with Crippen LogP contribution in [0.4, 0.5) is 5.69 Å². The van der Waals surface area contributed by atoms with Crippen LogP contribution in [0.25, 0.3) is 0 Å². The molecule has 4 atom stereocenters. The Morgan fingerprint density at radius 1 is 1.08 bits per heavy atom. The molecule has 5 rings (SSSR count). The smallest absolute Gasteiger partial charge is 0.262 e. The number of rotatable bonds is 10. The van der Waals surface area contributed by atoms with E-state index in [1.165, 1.54) is 19.2 Å². The van der Waals surface area contributed by atoms with Gasteiger partial charge in [-0.1, -0.05) is 36.4 Å². The fraction of sp³-hybridized carbons (Fsp3) is 0.345. The van der Waals surface area contributed by atoms with Crippen LogP contribution in [0.1, 0.15) is 29.9 Å². The first kappa shape index (κ1) is 27.0. The van der Waals surface area contributed by atoms with Crippen LogP contribution in [0.2, 0.25) is 0 Å². The Morgan fingerprint density at radius 3 is 2.67 bits per heavy atom. The van der Waals surface area contributed by atoms with Gasteiger partial charge in [0.05, 0.1) is 31.1 Å². The predicted octanol–water partition coefficient (Wildman–Crippen LogP) is 3.24. The molecule has 1 amide bonds. The maximum atomic E-state index is 13.0. The highest BCUT2D eigenvalue weighted by Crippen LogP contribution is 2.47. The molecule has 0 saturated carbocycles. The Kier molecular flexibility index (Phi) is 8.06. The summed E-state index contributed by atoms with van der Waals surface area (Å²) in [5, 5.41) is 13.0. The van der Waals surface area contributed by atoms with Crippen molar-refractivity contribution in [3.8, 4) is 11.5 Å². The van der Waals surface area contributed by atoms with Gasteiger partial charge in [0, 0.05) is 29.8 Å². The van der Waals surface area contributed by atoms with Crippen LogP contribution in [0, 0.1) is 0 Å².